The summed E-state index contributed by atoms with van der Waals surface area (Å²) in [5.41, 5.74) is 4.88. The first-order valence-corrected chi connectivity index (χ1v) is 10.1. The molecule has 2 aromatic carbocycles. The molecule has 0 saturated carbocycles. The molecule has 142 valence electrons. The summed E-state index contributed by atoms with van der Waals surface area (Å²) in [6.07, 6.45) is 1.74. The van der Waals surface area contributed by atoms with E-state index in [1.54, 1.807) is 13.2 Å². The standard InChI is InChI=1S/C23H16ClN3OS/c1-14-3-4-16-10-17(22(24)26-20(16)9-14)11-18(12-25)23-27-21(13-29-23)15-5-7-19(28-2)8-6-15/h3-11,13H,1-2H3/b18-11+. The average molecular weight is 418 g/mol. The molecule has 4 rings (SSSR count). The summed E-state index contributed by atoms with van der Waals surface area (Å²) in [4.78, 5) is 9.10. The van der Waals surface area contributed by atoms with Gasteiger partial charge in [0.15, 0.2) is 0 Å². The molecule has 0 amide bonds. The van der Waals surface area contributed by atoms with Crippen LogP contribution in [0.1, 0.15) is 16.1 Å². The van der Waals surface area contributed by atoms with Crippen LogP contribution in [0.2, 0.25) is 5.15 Å². The van der Waals surface area contributed by atoms with E-state index >= 15 is 0 Å². The van der Waals surface area contributed by atoms with E-state index in [1.807, 2.05) is 60.8 Å². The fourth-order valence-electron chi connectivity index (χ4n) is 2.96. The van der Waals surface area contributed by atoms with Crippen molar-refractivity contribution in [3.8, 4) is 23.1 Å². The lowest BCUT2D eigenvalue weighted by Crippen LogP contribution is -1.88. The molecule has 0 bridgehead atoms. The third-order valence-corrected chi connectivity index (χ3v) is 5.67. The van der Waals surface area contributed by atoms with Crippen LogP contribution in [0.4, 0.5) is 0 Å². The Balaban J connectivity index is 1.70. The van der Waals surface area contributed by atoms with Crippen molar-refractivity contribution >= 4 is 45.5 Å². The zero-order chi connectivity index (χ0) is 20.4. The fourth-order valence-corrected chi connectivity index (χ4v) is 3.96. The van der Waals surface area contributed by atoms with E-state index in [0.717, 1.165) is 33.5 Å². The van der Waals surface area contributed by atoms with Gasteiger partial charge in [0.05, 0.1) is 23.9 Å². The third kappa shape index (κ3) is 4.00. The van der Waals surface area contributed by atoms with Crippen molar-refractivity contribution in [2.45, 2.75) is 6.92 Å². The van der Waals surface area contributed by atoms with Crippen molar-refractivity contribution in [2.75, 3.05) is 7.11 Å². The molecule has 0 radical (unpaired) electrons. The number of thiazole rings is 1. The van der Waals surface area contributed by atoms with E-state index in [-0.39, 0.29) is 0 Å². The summed E-state index contributed by atoms with van der Waals surface area (Å²) in [6.45, 7) is 2.01. The molecule has 0 spiro atoms. The van der Waals surface area contributed by atoms with Gasteiger partial charge in [0.25, 0.3) is 0 Å². The Morgan fingerprint density at radius 1 is 1.14 bits per heavy atom. The number of aromatic nitrogens is 2. The summed E-state index contributed by atoms with van der Waals surface area (Å²) in [5.74, 6) is 0.787. The van der Waals surface area contributed by atoms with Crippen molar-refractivity contribution in [3.63, 3.8) is 0 Å². The molecule has 4 nitrogen and oxygen atoms in total. The summed E-state index contributed by atoms with van der Waals surface area (Å²) in [6, 6.07) is 17.9. The minimum atomic E-state index is 0.364. The zero-order valence-electron chi connectivity index (χ0n) is 15.8. The highest BCUT2D eigenvalue weighted by Crippen LogP contribution is 2.30. The van der Waals surface area contributed by atoms with Crippen LogP contribution in [0.5, 0.6) is 5.75 Å². The summed E-state index contributed by atoms with van der Waals surface area (Å²) >= 11 is 7.80. The van der Waals surface area contributed by atoms with Crippen molar-refractivity contribution in [1.82, 2.24) is 9.97 Å². The normalized spacial score (nSPS) is 11.4. The van der Waals surface area contributed by atoms with Crippen LogP contribution in [0, 0.1) is 18.3 Å². The number of ether oxygens (including phenoxy) is 1. The molecular weight excluding hydrogens is 402 g/mol. The predicted octanol–water partition coefficient (Wildman–Crippen LogP) is 6.39. The number of nitrogens with zero attached hydrogens (tertiary/aromatic N) is 3. The van der Waals surface area contributed by atoms with Crippen molar-refractivity contribution in [3.05, 3.63) is 75.2 Å². The average Bonchev–Trinajstić information content (AvgIpc) is 3.22. The lowest BCUT2D eigenvalue weighted by atomic mass is 10.1. The maximum absolute atomic E-state index is 9.70. The Labute approximate surface area is 177 Å². The minimum Gasteiger partial charge on any atom is -0.497 e. The van der Waals surface area contributed by atoms with Gasteiger partial charge in [-0.15, -0.1) is 11.3 Å². The predicted molar refractivity (Wildman–Crippen MR) is 119 cm³/mol. The molecule has 0 fully saturated rings. The lowest BCUT2D eigenvalue weighted by Gasteiger charge is -2.04. The maximum atomic E-state index is 9.70. The van der Waals surface area contributed by atoms with Crippen LogP contribution in [-0.4, -0.2) is 17.1 Å². The second-order valence-corrected chi connectivity index (χ2v) is 7.72. The van der Waals surface area contributed by atoms with Gasteiger partial charge in [0, 0.05) is 21.9 Å². The Morgan fingerprint density at radius 3 is 2.66 bits per heavy atom. The van der Waals surface area contributed by atoms with Crippen molar-refractivity contribution < 1.29 is 4.74 Å². The monoisotopic (exact) mass is 417 g/mol. The molecule has 0 atom stereocenters. The number of allylic oxidation sites excluding steroid dienone is 1. The molecule has 0 aliphatic rings. The number of pyridine rings is 1. The summed E-state index contributed by atoms with van der Waals surface area (Å²) in [5, 5.41) is 13.6. The Bertz CT molecular complexity index is 1270. The number of aryl methyl sites for hydroxylation is 1. The van der Waals surface area contributed by atoms with E-state index in [9.17, 15) is 5.26 Å². The van der Waals surface area contributed by atoms with Gasteiger partial charge in [0.1, 0.15) is 22.0 Å². The molecule has 29 heavy (non-hydrogen) atoms. The van der Waals surface area contributed by atoms with Crippen molar-refractivity contribution in [1.29, 1.82) is 5.26 Å². The number of halogens is 1. The molecule has 0 saturated heterocycles. The van der Waals surface area contributed by atoms with Crippen LogP contribution >= 0.6 is 22.9 Å². The molecule has 2 aromatic heterocycles. The highest BCUT2D eigenvalue weighted by Gasteiger charge is 2.11. The van der Waals surface area contributed by atoms with E-state index in [4.69, 9.17) is 16.3 Å². The third-order valence-electron chi connectivity index (χ3n) is 4.49. The highest BCUT2D eigenvalue weighted by molar-refractivity contribution is 7.11. The second-order valence-electron chi connectivity index (χ2n) is 6.50. The first kappa shape index (κ1) is 19.1. The first-order chi connectivity index (χ1) is 14.1. The van der Waals surface area contributed by atoms with E-state index in [0.29, 0.717) is 21.3 Å². The first-order valence-electron chi connectivity index (χ1n) is 8.86. The largest absolute Gasteiger partial charge is 0.497 e. The minimum absolute atomic E-state index is 0.364. The van der Waals surface area contributed by atoms with Crippen molar-refractivity contribution in [2.24, 2.45) is 0 Å². The Morgan fingerprint density at radius 2 is 1.93 bits per heavy atom. The summed E-state index contributed by atoms with van der Waals surface area (Å²) in [7, 11) is 1.63. The van der Waals surface area contributed by atoms with Crippen LogP contribution < -0.4 is 4.74 Å². The number of fused-ring (bicyclic) bond motifs is 1. The van der Waals surface area contributed by atoms with Gasteiger partial charge in [-0.05, 0) is 55.0 Å². The van der Waals surface area contributed by atoms with Gasteiger partial charge < -0.3 is 4.74 Å². The smallest absolute Gasteiger partial charge is 0.137 e. The maximum Gasteiger partial charge on any atom is 0.137 e. The molecular formula is C23H16ClN3OS. The second kappa shape index (κ2) is 8.04. The highest BCUT2D eigenvalue weighted by atomic mass is 35.5. The zero-order valence-corrected chi connectivity index (χ0v) is 17.4. The molecule has 0 aliphatic carbocycles. The van der Waals surface area contributed by atoms with Gasteiger partial charge in [0.2, 0.25) is 0 Å². The van der Waals surface area contributed by atoms with Gasteiger partial charge in [-0.25, -0.2) is 9.97 Å². The Kier molecular flexibility index (Phi) is 5.30. The number of hydrogen-bond donors (Lipinski definition) is 0. The fraction of sp³-hybridized carbons (Fsp3) is 0.0870. The van der Waals surface area contributed by atoms with E-state index in [1.165, 1.54) is 11.3 Å². The number of rotatable bonds is 4. The van der Waals surface area contributed by atoms with Crippen LogP contribution in [0.25, 0.3) is 33.8 Å². The molecule has 0 aliphatic heterocycles. The molecule has 0 N–H and O–H groups in total. The van der Waals surface area contributed by atoms with Gasteiger partial charge >= 0.3 is 0 Å². The number of hydrogen-bond acceptors (Lipinski definition) is 5. The molecule has 2 heterocycles. The number of methoxy groups -OCH3 is 1. The van der Waals surface area contributed by atoms with Gasteiger partial charge in [-0.3, -0.25) is 0 Å². The summed E-state index contributed by atoms with van der Waals surface area (Å²) < 4.78 is 5.19. The van der Waals surface area contributed by atoms with Crippen LogP contribution in [0.15, 0.2) is 53.9 Å². The van der Waals surface area contributed by atoms with E-state index < -0.39 is 0 Å². The molecule has 6 heteroatoms. The Hall–Kier alpha value is -3.20. The van der Waals surface area contributed by atoms with Crippen LogP contribution in [0.3, 0.4) is 0 Å². The molecule has 0 unspecified atom stereocenters. The van der Waals surface area contributed by atoms with E-state index in [2.05, 4.69) is 16.0 Å². The lowest BCUT2D eigenvalue weighted by molar-refractivity contribution is 0.415. The van der Waals surface area contributed by atoms with Gasteiger partial charge in [-0.1, -0.05) is 23.7 Å². The number of benzene rings is 2. The quantitative estimate of drug-likeness (QED) is 0.285. The molecule has 4 aromatic rings. The SMILES string of the molecule is COc1ccc(-c2csc(/C(C#N)=C/c3cc4ccc(C)cc4nc3Cl)n2)cc1. The van der Waals surface area contributed by atoms with Crippen LogP contribution in [-0.2, 0) is 0 Å². The topological polar surface area (TPSA) is 58.8 Å². The van der Waals surface area contributed by atoms with Gasteiger partial charge in [-0.2, -0.15) is 5.26 Å². The number of nitriles is 1.